The fraction of sp³-hybridized carbons (Fsp3) is 0. The first-order valence-electron chi connectivity index (χ1n) is 20.2. The van der Waals surface area contributed by atoms with Gasteiger partial charge < -0.3 is 8.98 Å². The van der Waals surface area contributed by atoms with Gasteiger partial charge in [0.25, 0.3) is 0 Å². The van der Waals surface area contributed by atoms with Crippen LogP contribution in [-0.4, -0.2) is 22.2 Å². The first-order chi connectivity index (χ1) is 29.7. The number of hydrogen-bond donors (Lipinski definition) is 0. The van der Waals surface area contributed by atoms with Crippen LogP contribution in [0.4, 0.5) is 0 Å². The maximum atomic E-state index is 11.0. The van der Waals surface area contributed by atoms with Gasteiger partial charge in [0, 0.05) is 44.2 Å². The van der Waals surface area contributed by atoms with Crippen molar-refractivity contribution in [1.29, 1.82) is 5.26 Å². The molecule has 0 saturated heterocycles. The van der Waals surface area contributed by atoms with Gasteiger partial charge in [0.05, 0.1) is 27.8 Å². The third-order valence-corrected chi connectivity index (χ3v) is 17.1. The SMILES string of the molecule is N#Cc1cc([Si](c2ccccc2)(c2ccccc2)c2ccc(-n3c4ccccc4c4c5c(ccc43)oc3ccccc35)cc2)ccc1-n1c2ccccc2c2cccnc21. The van der Waals surface area contributed by atoms with E-state index in [4.69, 9.17) is 9.40 Å². The zero-order valence-electron chi connectivity index (χ0n) is 32.3. The lowest BCUT2D eigenvalue weighted by atomic mass is 10.1. The second kappa shape index (κ2) is 13.3. The Hall–Kier alpha value is -7.98. The molecule has 0 amide bonds. The summed E-state index contributed by atoms with van der Waals surface area (Å²) in [5.74, 6) is 0. The number of para-hydroxylation sites is 3. The average Bonchev–Trinajstić information content (AvgIpc) is 3.98. The molecule has 60 heavy (non-hydrogen) atoms. The highest BCUT2D eigenvalue weighted by Crippen LogP contribution is 2.41. The van der Waals surface area contributed by atoms with Crippen molar-refractivity contribution in [3.8, 4) is 17.4 Å². The number of nitrogens with zero attached hydrogens (tertiary/aromatic N) is 4. The Balaban J connectivity index is 1.10. The third kappa shape index (κ3) is 4.81. The van der Waals surface area contributed by atoms with Crippen LogP contribution in [0.5, 0.6) is 0 Å². The zero-order chi connectivity index (χ0) is 39.8. The molecule has 0 fully saturated rings. The van der Waals surface area contributed by atoms with Gasteiger partial charge in [-0.25, -0.2) is 4.98 Å². The Labute approximate surface area is 346 Å². The Bertz CT molecular complexity index is 3580. The van der Waals surface area contributed by atoms with Crippen LogP contribution in [0.3, 0.4) is 0 Å². The van der Waals surface area contributed by atoms with Crippen molar-refractivity contribution in [3.63, 3.8) is 0 Å². The number of hydrogen-bond acceptors (Lipinski definition) is 3. The predicted octanol–water partition coefficient (Wildman–Crippen LogP) is 10.4. The van der Waals surface area contributed by atoms with Crippen molar-refractivity contribution in [3.05, 3.63) is 212 Å². The van der Waals surface area contributed by atoms with E-state index in [0.29, 0.717) is 5.56 Å². The van der Waals surface area contributed by atoms with Gasteiger partial charge in [0.15, 0.2) is 8.07 Å². The van der Waals surface area contributed by atoms with Gasteiger partial charge in [0.1, 0.15) is 22.9 Å². The van der Waals surface area contributed by atoms with Crippen LogP contribution in [0.2, 0.25) is 0 Å². The summed E-state index contributed by atoms with van der Waals surface area (Å²) in [6, 6.07) is 73.8. The summed E-state index contributed by atoms with van der Waals surface area (Å²) in [4.78, 5) is 4.83. The van der Waals surface area contributed by atoms with Gasteiger partial charge in [-0.2, -0.15) is 5.26 Å². The Morgan fingerprint density at radius 3 is 1.78 bits per heavy atom. The monoisotopic (exact) mass is 782 g/mol. The number of benzene rings is 8. The van der Waals surface area contributed by atoms with E-state index in [9.17, 15) is 5.26 Å². The Kier molecular flexibility index (Phi) is 7.55. The van der Waals surface area contributed by atoms with Crippen molar-refractivity contribution >= 4 is 94.5 Å². The first-order valence-corrected chi connectivity index (χ1v) is 22.2. The normalized spacial score (nSPS) is 12.0. The molecule has 0 N–H and O–H groups in total. The molecule has 12 aromatic rings. The summed E-state index contributed by atoms with van der Waals surface area (Å²) >= 11 is 0. The van der Waals surface area contributed by atoms with Crippen LogP contribution in [0, 0.1) is 11.3 Å². The molecule has 5 nitrogen and oxygen atoms in total. The second-order valence-electron chi connectivity index (χ2n) is 15.4. The summed E-state index contributed by atoms with van der Waals surface area (Å²) in [7, 11) is -3.03. The van der Waals surface area contributed by atoms with E-state index in [1.807, 2.05) is 30.5 Å². The zero-order valence-corrected chi connectivity index (χ0v) is 33.3. The number of nitriles is 1. The van der Waals surface area contributed by atoms with Crippen LogP contribution in [0.1, 0.15) is 5.56 Å². The number of aromatic nitrogens is 3. The van der Waals surface area contributed by atoms with E-state index in [1.165, 1.54) is 26.3 Å². The standard InChI is InChI=1S/C54H34N4OSi/c55-35-36-34-41(29-30-46(36)58-47-22-10-7-18-42(47)43-21-13-33-56-54(43)58)60(38-14-3-1-4-15-38,39-16-5-2-6-17-39)40-27-25-37(26-28-40)57-48-23-11-8-19-44(48)52-49(57)31-32-51-53(52)45-20-9-12-24-50(45)59-51/h1-34H. The highest BCUT2D eigenvalue weighted by atomic mass is 28.3. The quantitative estimate of drug-likeness (QED) is 0.125. The molecule has 280 valence electrons. The van der Waals surface area contributed by atoms with Crippen LogP contribution in [0.25, 0.3) is 77.1 Å². The summed E-state index contributed by atoms with van der Waals surface area (Å²) in [5, 5.41) is 22.7. The summed E-state index contributed by atoms with van der Waals surface area (Å²) < 4.78 is 10.9. The lowest BCUT2D eigenvalue weighted by Gasteiger charge is -2.35. The van der Waals surface area contributed by atoms with Gasteiger partial charge in [-0.3, -0.25) is 4.57 Å². The molecule has 0 unspecified atom stereocenters. The van der Waals surface area contributed by atoms with Gasteiger partial charge in [-0.05, 0) is 87.5 Å². The lowest BCUT2D eigenvalue weighted by molar-refractivity contribution is 0.669. The molecular weight excluding hydrogens is 749 g/mol. The van der Waals surface area contributed by atoms with Gasteiger partial charge in [-0.15, -0.1) is 0 Å². The van der Waals surface area contributed by atoms with Gasteiger partial charge in [0.2, 0.25) is 0 Å². The minimum absolute atomic E-state index is 0.601. The smallest absolute Gasteiger partial charge is 0.179 e. The highest BCUT2D eigenvalue weighted by Gasteiger charge is 2.42. The van der Waals surface area contributed by atoms with E-state index < -0.39 is 8.07 Å². The van der Waals surface area contributed by atoms with Crippen molar-refractivity contribution in [2.24, 2.45) is 0 Å². The van der Waals surface area contributed by atoms with Crippen LogP contribution in [-0.2, 0) is 0 Å². The molecule has 6 heteroatoms. The van der Waals surface area contributed by atoms with Crippen molar-refractivity contribution in [2.45, 2.75) is 0 Å². The molecule has 0 spiro atoms. The number of pyridine rings is 1. The van der Waals surface area contributed by atoms with Crippen LogP contribution < -0.4 is 20.7 Å². The van der Waals surface area contributed by atoms with E-state index in [-0.39, 0.29) is 0 Å². The highest BCUT2D eigenvalue weighted by molar-refractivity contribution is 7.19. The van der Waals surface area contributed by atoms with Crippen LogP contribution in [0.15, 0.2) is 211 Å². The molecule has 4 heterocycles. The maximum absolute atomic E-state index is 11.0. The molecule has 0 radical (unpaired) electrons. The molecule has 8 aromatic carbocycles. The number of fused-ring (bicyclic) bond motifs is 10. The van der Waals surface area contributed by atoms with E-state index in [0.717, 1.165) is 71.5 Å². The lowest BCUT2D eigenvalue weighted by Crippen LogP contribution is -2.74. The third-order valence-electron chi connectivity index (χ3n) is 12.4. The molecule has 0 atom stereocenters. The fourth-order valence-corrected chi connectivity index (χ4v) is 14.6. The molecule has 0 saturated carbocycles. The predicted molar refractivity (Wildman–Crippen MR) is 249 cm³/mol. The minimum Gasteiger partial charge on any atom is -0.456 e. The van der Waals surface area contributed by atoms with E-state index in [1.54, 1.807) is 0 Å². The largest absolute Gasteiger partial charge is 0.456 e. The summed E-state index contributed by atoms with van der Waals surface area (Å²) in [5.41, 5.74) is 8.40. The Morgan fingerprint density at radius 1 is 0.450 bits per heavy atom. The average molecular weight is 783 g/mol. The van der Waals surface area contributed by atoms with E-state index >= 15 is 0 Å². The summed E-state index contributed by atoms with van der Waals surface area (Å²) in [6.07, 6.45) is 1.82. The molecule has 12 rings (SSSR count). The maximum Gasteiger partial charge on any atom is 0.179 e. The topological polar surface area (TPSA) is 59.7 Å². The van der Waals surface area contributed by atoms with Crippen molar-refractivity contribution < 1.29 is 4.42 Å². The molecule has 0 aliphatic heterocycles. The minimum atomic E-state index is -3.03. The summed E-state index contributed by atoms with van der Waals surface area (Å²) in [6.45, 7) is 0. The number of furan rings is 1. The van der Waals surface area contributed by atoms with Crippen molar-refractivity contribution in [1.82, 2.24) is 14.1 Å². The van der Waals surface area contributed by atoms with Crippen LogP contribution >= 0.6 is 0 Å². The van der Waals surface area contributed by atoms with Crippen molar-refractivity contribution in [2.75, 3.05) is 0 Å². The van der Waals surface area contributed by atoms with Gasteiger partial charge in [-0.1, -0.05) is 133 Å². The Morgan fingerprint density at radius 2 is 1.05 bits per heavy atom. The molecule has 0 bridgehead atoms. The first kappa shape index (κ1) is 34.1. The second-order valence-corrected chi connectivity index (χ2v) is 19.2. The number of rotatable bonds is 6. The molecule has 4 aromatic heterocycles. The van der Waals surface area contributed by atoms with E-state index in [2.05, 4.69) is 191 Å². The fourth-order valence-electron chi connectivity index (χ4n) is 9.88. The van der Waals surface area contributed by atoms with Gasteiger partial charge >= 0.3 is 0 Å². The molecule has 0 aliphatic rings. The molecular formula is C54H34N4OSi. The molecule has 0 aliphatic carbocycles.